The summed E-state index contributed by atoms with van der Waals surface area (Å²) in [6.45, 7) is 1.37. The highest BCUT2D eigenvalue weighted by Gasteiger charge is 2.05. The maximum Gasteiger partial charge on any atom is 0.0638 e. The van der Waals surface area contributed by atoms with Crippen molar-refractivity contribution in [3.8, 4) is 0 Å². The van der Waals surface area contributed by atoms with Crippen LogP contribution in [0.15, 0.2) is 29.2 Å². The first kappa shape index (κ1) is 13.5. The van der Waals surface area contributed by atoms with E-state index in [2.05, 4.69) is 35.8 Å². The molecule has 0 saturated heterocycles. The summed E-state index contributed by atoms with van der Waals surface area (Å²) in [7, 11) is 1.64. The summed E-state index contributed by atoms with van der Waals surface area (Å²) in [6, 6.07) is 8.41. The Kier molecular flexibility index (Phi) is 6.49. The molecule has 90 valence electrons. The SMILES string of the molecule is COCC(CO)NCc1ccc(SC)cc1. The van der Waals surface area contributed by atoms with E-state index in [0.717, 1.165) is 6.54 Å². The molecule has 0 aromatic heterocycles. The molecular weight excluding hydrogens is 222 g/mol. The van der Waals surface area contributed by atoms with Gasteiger partial charge in [-0.3, -0.25) is 0 Å². The van der Waals surface area contributed by atoms with Crippen molar-refractivity contribution in [3.63, 3.8) is 0 Å². The molecule has 0 radical (unpaired) electrons. The molecule has 0 aliphatic rings. The van der Waals surface area contributed by atoms with Crippen LogP contribution in [0.3, 0.4) is 0 Å². The zero-order chi connectivity index (χ0) is 11.8. The molecular formula is C12H19NO2S. The highest BCUT2D eigenvalue weighted by Crippen LogP contribution is 2.14. The zero-order valence-corrected chi connectivity index (χ0v) is 10.6. The van der Waals surface area contributed by atoms with Crippen molar-refractivity contribution in [3.05, 3.63) is 29.8 Å². The van der Waals surface area contributed by atoms with Gasteiger partial charge in [-0.25, -0.2) is 0 Å². The number of thioether (sulfide) groups is 1. The Labute approximate surface area is 101 Å². The molecule has 2 N–H and O–H groups in total. The van der Waals surface area contributed by atoms with Gasteiger partial charge in [-0.2, -0.15) is 0 Å². The second kappa shape index (κ2) is 7.68. The summed E-state index contributed by atoms with van der Waals surface area (Å²) in [5.74, 6) is 0. The minimum atomic E-state index is 0.00484. The minimum absolute atomic E-state index is 0.00484. The maximum absolute atomic E-state index is 9.07. The second-order valence-corrected chi connectivity index (χ2v) is 4.44. The predicted octanol–water partition coefficient (Wildman–Crippen LogP) is 1.51. The molecule has 0 bridgehead atoms. The molecule has 3 nitrogen and oxygen atoms in total. The van der Waals surface area contributed by atoms with Gasteiger partial charge in [0.15, 0.2) is 0 Å². The van der Waals surface area contributed by atoms with Gasteiger partial charge in [0.2, 0.25) is 0 Å². The lowest BCUT2D eigenvalue weighted by molar-refractivity contribution is 0.128. The zero-order valence-electron chi connectivity index (χ0n) is 9.77. The monoisotopic (exact) mass is 241 g/mol. The van der Waals surface area contributed by atoms with Crippen molar-refractivity contribution in [2.75, 3.05) is 26.6 Å². The third kappa shape index (κ3) is 4.53. The number of methoxy groups -OCH3 is 1. The Balaban J connectivity index is 2.40. The summed E-state index contributed by atoms with van der Waals surface area (Å²) in [5.41, 5.74) is 1.22. The smallest absolute Gasteiger partial charge is 0.0638 e. The van der Waals surface area contributed by atoms with Gasteiger partial charge in [0, 0.05) is 18.6 Å². The number of benzene rings is 1. The molecule has 16 heavy (non-hydrogen) atoms. The molecule has 0 spiro atoms. The van der Waals surface area contributed by atoms with Crippen molar-refractivity contribution in [1.29, 1.82) is 0 Å². The fourth-order valence-electron chi connectivity index (χ4n) is 1.38. The van der Waals surface area contributed by atoms with E-state index in [-0.39, 0.29) is 12.6 Å². The van der Waals surface area contributed by atoms with Gasteiger partial charge in [-0.15, -0.1) is 11.8 Å². The molecule has 1 aromatic carbocycles. The van der Waals surface area contributed by atoms with Gasteiger partial charge in [0.1, 0.15) is 0 Å². The van der Waals surface area contributed by atoms with E-state index in [1.807, 2.05) is 0 Å². The summed E-state index contributed by atoms with van der Waals surface area (Å²) < 4.78 is 4.99. The van der Waals surface area contributed by atoms with Crippen LogP contribution in [0.1, 0.15) is 5.56 Å². The van der Waals surface area contributed by atoms with Crippen molar-refractivity contribution < 1.29 is 9.84 Å². The van der Waals surface area contributed by atoms with E-state index in [0.29, 0.717) is 6.61 Å². The first-order valence-electron chi connectivity index (χ1n) is 5.26. The molecule has 1 rings (SSSR count). The Morgan fingerprint density at radius 1 is 1.38 bits per heavy atom. The number of aliphatic hydroxyl groups is 1. The molecule has 1 atom stereocenters. The number of aliphatic hydroxyl groups excluding tert-OH is 1. The van der Waals surface area contributed by atoms with Crippen LogP contribution >= 0.6 is 11.8 Å². The Hall–Kier alpha value is -0.550. The van der Waals surface area contributed by atoms with Gasteiger partial charge in [-0.05, 0) is 24.0 Å². The standard InChI is InChI=1S/C12H19NO2S/c1-15-9-11(8-14)13-7-10-3-5-12(16-2)6-4-10/h3-6,11,13-14H,7-9H2,1-2H3. The largest absolute Gasteiger partial charge is 0.395 e. The molecule has 0 saturated carbocycles. The highest BCUT2D eigenvalue weighted by molar-refractivity contribution is 7.98. The number of rotatable bonds is 7. The lowest BCUT2D eigenvalue weighted by atomic mass is 10.2. The van der Waals surface area contributed by atoms with Crippen LogP contribution in [-0.2, 0) is 11.3 Å². The number of hydrogen-bond acceptors (Lipinski definition) is 4. The Bertz CT molecular complexity index is 290. The van der Waals surface area contributed by atoms with Crippen LogP contribution in [0, 0.1) is 0 Å². The average Bonchev–Trinajstić information content (AvgIpc) is 2.35. The van der Waals surface area contributed by atoms with E-state index >= 15 is 0 Å². The fraction of sp³-hybridized carbons (Fsp3) is 0.500. The van der Waals surface area contributed by atoms with Crippen LogP contribution in [0.2, 0.25) is 0 Å². The molecule has 0 fully saturated rings. The van der Waals surface area contributed by atoms with Crippen LogP contribution in [-0.4, -0.2) is 37.7 Å². The van der Waals surface area contributed by atoms with Crippen LogP contribution < -0.4 is 5.32 Å². The first-order chi connectivity index (χ1) is 7.80. The molecule has 0 amide bonds. The van der Waals surface area contributed by atoms with E-state index in [4.69, 9.17) is 9.84 Å². The van der Waals surface area contributed by atoms with E-state index < -0.39 is 0 Å². The van der Waals surface area contributed by atoms with Crippen molar-refractivity contribution >= 4 is 11.8 Å². The van der Waals surface area contributed by atoms with E-state index in [1.165, 1.54) is 10.5 Å². The first-order valence-corrected chi connectivity index (χ1v) is 6.48. The van der Waals surface area contributed by atoms with Crippen LogP contribution in [0.4, 0.5) is 0 Å². The maximum atomic E-state index is 9.07. The molecule has 0 aliphatic carbocycles. The molecule has 1 unspecified atom stereocenters. The summed E-state index contributed by atoms with van der Waals surface area (Å²) >= 11 is 1.73. The number of hydrogen-bond donors (Lipinski definition) is 2. The summed E-state index contributed by atoms with van der Waals surface area (Å²) in [6.07, 6.45) is 2.06. The average molecular weight is 241 g/mol. The predicted molar refractivity (Wildman–Crippen MR) is 67.8 cm³/mol. The van der Waals surface area contributed by atoms with Crippen molar-refractivity contribution in [2.24, 2.45) is 0 Å². The normalized spacial score (nSPS) is 12.7. The third-order valence-electron chi connectivity index (χ3n) is 2.34. The molecule has 0 aliphatic heterocycles. The van der Waals surface area contributed by atoms with Gasteiger partial charge in [0.05, 0.1) is 19.3 Å². The van der Waals surface area contributed by atoms with Gasteiger partial charge >= 0.3 is 0 Å². The second-order valence-electron chi connectivity index (χ2n) is 3.56. The van der Waals surface area contributed by atoms with Crippen LogP contribution in [0.5, 0.6) is 0 Å². The van der Waals surface area contributed by atoms with Gasteiger partial charge in [0.25, 0.3) is 0 Å². The Morgan fingerprint density at radius 2 is 2.06 bits per heavy atom. The van der Waals surface area contributed by atoms with Gasteiger partial charge < -0.3 is 15.2 Å². The molecule has 0 heterocycles. The minimum Gasteiger partial charge on any atom is -0.395 e. The van der Waals surface area contributed by atoms with Crippen LogP contribution in [0.25, 0.3) is 0 Å². The van der Waals surface area contributed by atoms with E-state index in [9.17, 15) is 0 Å². The summed E-state index contributed by atoms with van der Waals surface area (Å²) in [5, 5.41) is 12.3. The number of ether oxygens (including phenoxy) is 1. The Morgan fingerprint density at radius 3 is 2.56 bits per heavy atom. The molecule has 4 heteroatoms. The third-order valence-corrected chi connectivity index (χ3v) is 3.09. The topological polar surface area (TPSA) is 41.5 Å². The lowest BCUT2D eigenvalue weighted by Gasteiger charge is -2.15. The fourth-order valence-corrected chi connectivity index (χ4v) is 1.79. The van der Waals surface area contributed by atoms with Crippen molar-refractivity contribution in [1.82, 2.24) is 5.32 Å². The number of nitrogens with one attached hydrogen (secondary N) is 1. The van der Waals surface area contributed by atoms with E-state index in [1.54, 1.807) is 18.9 Å². The lowest BCUT2D eigenvalue weighted by Crippen LogP contribution is -2.35. The summed E-state index contributed by atoms with van der Waals surface area (Å²) in [4.78, 5) is 1.26. The van der Waals surface area contributed by atoms with Gasteiger partial charge in [-0.1, -0.05) is 12.1 Å². The highest BCUT2D eigenvalue weighted by atomic mass is 32.2. The van der Waals surface area contributed by atoms with Crippen molar-refractivity contribution in [2.45, 2.75) is 17.5 Å². The molecule has 1 aromatic rings. The quantitative estimate of drug-likeness (QED) is 0.710.